The van der Waals surface area contributed by atoms with Crippen molar-refractivity contribution >= 4 is 21.8 Å². The Hall–Kier alpha value is -1.81. The summed E-state index contributed by atoms with van der Waals surface area (Å²) in [4.78, 5) is 12.0. The molecule has 0 aromatic heterocycles. The minimum Gasteiger partial charge on any atom is -0.491 e. The van der Waals surface area contributed by atoms with Crippen LogP contribution in [0.5, 0.6) is 5.75 Å². The highest BCUT2D eigenvalue weighted by molar-refractivity contribution is 9.10. The van der Waals surface area contributed by atoms with E-state index in [2.05, 4.69) is 21.2 Å². The van der Waals surface area contributed by atoms with E-state index in [0.717, 1.165) is 15.8 Å². The first-order valence-electron chi connectivity index (χ1n) is 6.84. The molecule has 0 saturated heterocycles. The lowest BCUT2D eigenvalue weighted by molar-refractivity contribution is 0.0951. The Morgan fingerprint density at radius 2 is 1.90 bits per heavy atom. The first-order chi connectivity index (χ1) is 10.0. The van der Waals surface area contributed by atoms with E-state index in [1.54, 1.807) is 12.1 Å². The molecule has 0 fully saturated rings. The molecule has 1 N–H and O–H groups in total. The number of rotatable bonds is 5. The fourth-order valence-corrected chi connectivity index (χ4v) is 2.27. The molecule has 110 valence electrons. The van der Waals surface area contributed by atoms with Gasteiger partial charge >= 0.3 is 0 Å². The van der Waals surface area contributed by atoms with Gasteiger partial charge in [-0.15, -0.1) is 0 Å². The second kappa shape index (κ2) is 7.27. The summed E-state index contributed by atoms with van der Waals surface area (Å²) in [6.45, 7) is 4.48. The third-order valence-corrected chi connectivity index (χ3v) is 3.33. The number of ether oxygens (including phenoxy) is 1. The molecule has 0 aliphatic heterocycles. The predicted molar refractivity (Wildman–Crippen MR) is 87.5 cm³/mol. The molecule has 1 amide bonds. The molecule has 21 heavy (non-hydrogen) atoms. The average molecular weight is 348 g/mol. The highest BCUT2D eigenvalue weighted by Gasteiger charge is 2.05. The van der Waals surface area contributed by atoms with Crippen LogP contribution in [0, 0.1) is 0 Å². The largest absolute Gasteiger partial charge is 0.491 e. The lowest BCUT2D eigenvalue weighted by atomic mass is 10.2. The van der Waals surface area contributed by atoms with E-state index in [-0.39, 0.29) is 12.0 Å². The first-order valence-corrected chi connectivity index (χ1v) is 7.63. The zero-order valence-electron chi connectivity index (χ0n) is 12.1. The predicted octanol–water partition coefficient (Wildman–Crippen LogP) is 4.17. The van der Waals surface area contributed by atoms with Gasteiger partial charge in [0.25, 0.3) is 5.91 Å². The quantitative estimate of drug-likeness (QED) is 0.881. The van der Waals surface area contributed by atoms with Gasteiger partial charge in [-0.25, -0.2) is 0 Å². The highest BCUT2D eigenvalue weighted by atomic mass is 79.9. The second-order valence-electron chi connectivity index (χ2n) is 5.00. The number of hydrogen-bond donors (Lipinski definition) is 1. The summed E-state index contributed by atoms with van der Waals surface area (Å²) in [6.07, 6.45) is 0.159. The van der Waals surface area contributed by atoms with Crippen LogP contribution in [0.4, 0.5) is 0 Å². The van der Waals surface area contributed by atoms with E-state index in [0.29, 0.717) is 12.1 Å². The Labute approximate surface area is 133 Å². The summed E-state index contributed by atoms with van der Waals surface area (Å²) in [5, 5.41) is 2.90. The Balaban J connectivity index is 1.92. The maximum Gasteiger partial charge on any atom is 0.251 e. The van der Waals surface area contributed by atoms with Crippen molar-refractivity contribution in [1.29, 1.82) is 0 Å². The molecule has 4 heteroatoms. The maximum absolute atomic E-state index is 12.0. The number of carbonyl (C=O) groups is 1. The highest BCUT2D eigenvalue weighted by Crippen LogP contribution is 2.14. The van der Waals surface area contributed by atoms with Crippen molar-refractivity contribution in [2.24, 2.45) is 0 Å². The van der Waals surface area contributed by atoms with Gasteiger partial charge in [0.2, 0.25) is 0 Å². The summed E-state index contributed by atoms with van der Waals surface area (Å²) < 4.78 is 6.48. The van der Waals surface area contributed by atoms with Gasteiger partial charge in [0.15, 0.2) is 0 Å². The molecule has 0 radical (unpaired) electrons. The molecule has 0 aliphatic carbocycles. The van der Waals surface area contributed by atoms with E-state index < -0.39 is 0 Å². The van der Waals surface area contributed by atoms with Crippen LogP contribution in [0.25, 0.3) is 0 Å². The molecule has 0 unspecified atom stereocenters. The molecule has 0 saturated carbocycles. The first kappa shape index (κ1) is 15.6. The monoisotopic (exact) mass is 347 g/mol. The third-order valence-electron chi connectivity index (χ3n) is 2.84. The fourth-order valence-electron chi connectivity index (χ4n) is 1.87. The standard InChI is InChI=1S/C17H18BrNO2/c1-12(2)21-16-8-6-13(7-9-16)11-19-17(20)14-4-3-5-15(18)10-14/h3-10,12H,11H2,1-2H3,(H,19,20). The van der Waals surface area contributed by atoms with Gasteiger partial charge in [-0.05, 0) is 49.7 Å². The molecular weight excluding hydrogens is 330 g/mol. The van der Waals surface area contributed by atoms with E-state index in [1.165, 1.54) is 0 Å². The summed E-state index contributed by atoms with van der Waals surface area (Å²) in [7, 11) is 0. The van der Waals surface area contributed by atoms with Crippen LogP contribution in [-0.4, -0.2) is 12.0 Å². The molecule has 3 nitrogen and oxygen atoms in total. The molecule has 0 aliphatic rings. The summed E-state index contributed by atoms with van der Waals surface area (Å²) >= 11 is 3.36. The molecule has 0 atom stereocenters. The number of hydrogen-bond acceptors (Lipinski definition) is 2. The van der Waals surface area contributed by atoms with E-state index in [1.807, 2.05) is 50.2 Å². The van der Waals surface area contributed by atoms with E-state index >= 15 is 0 Å². The number of carbonyl (C=O) groups excluding carboxylic acids is 1. The van der Waals surface area contributed by atoms with Gasteiger partial charge in [-0.3, -0.25) is 4.79 Å². The SMILES string of the molecule is CC(C)Oc1ccc(CNC(=O)c2cccc(Br)c2)cc1. The number of nitrogens with one attached hydrogen (secondary N) is 1. The van der Waals surface area contributed by atoms with Crippen molar-refractivity contribution in [2.75, 3.05) is 0 Å². The maximum atomic E-state index is 12.0. The van der Waals surface area contributed by atoms with Crippen molar-refractivity contribution < 1.29 is 9.53 Å². The van der Waals surface area contributed by atoms with Crippen LogP contribution < -0.4 is 10.1 Å². The fraction of sp³-hybridized carbons (Fsp3) is 0.235. The second-order valence-corrected chi connectivity index (χ2v) is 5.92. The molecular formula is C17H18BrNO2. The van der Waals surface area contributed by atoms with Crippen LogP contribution in [0.1, 0.15) is 29.8 Å². The zero-order chi connectivity index (χ0) is 15.2. The Morgan fingerprint density at radius 1 is 1.19 bits per heavy atom. The van der Waals surface area contributed by atoms with Crippen molar-refractivity contribution in [3.63, 3.8) is 0 Å². The topological polar surface area (TPSA) is 38.3 Å². The van der Waals surface area contributed by atoms with Gasteiger partial charge in [0, 0.05) is 16.6 Å². The lowest BCUT2D eigenvalue weighted by Crippen LogP contribution is -2.22. The summed E-state index contributed by atoms with van der Waals surface area (Å²) in [5.74, 6) is 0.755. The van der Waals surface area contributed by atoms with Crippen LogP contribution in [0.3, 0.4) is 0 Å². The number of amides is 1. The van der Waals surface area contributed by atoms with Crippen molar-refractivity contribution in [3.05, 3.63) is 64.1 Å². The van der Waals surface area contributed by atoms with Crippen LogP contribution in [0.15, 0.2) is 53.0 Å². The van der Waals surface area contributed by atoms with Crippen molar-refractivity contribution in [1.82, 2.24) is 5.32 Å². The van der Waals surface area contributed by atoms with Crippen molar-refractivity contribution in [2.45, 2.75) is 26.5 Å². The number of halogens is 1. The summed E-state index contributed by atoms with van der Waals surface area (Å²) in [5.41, 5.74) is 1.68. The van der Waals surface area contributed by atoms with Gasteiger partial charge in [0.1, 0.15) is 5.75 Å². The van der Waals surface area contributed by atoms with Gasteiger partial charge < -0.3 is 10.1 Å². The lowest BCUT2D eigenvalue weighted by Gasteiger charge is -2.10. The zero-order valence-corrected chi connectivity index (χ0v) is 13.7. The van der Waals surface area contributed by atoms with E-state index in [4.69, 9.17) is 4.74 Å². The Morgan fingerprint density at radius 3 is 2.52 bits per heavy atom. The van der Waals surface area contributed by atoms with Crippen molar-refractivity contribution in [3.8, 4) is 5.75 Å². The average Bonchev–Trinajstić information content (AvgIpc) is 2.45. The van der Waals surface area contributed by atoms with Crippen LogP contribution in [0.2, 0.25) is 0 Å². The minimum absolute atomic E-state index is 0.0844. The van der Waals surface area contributed by atoms with Gasteiger partial charge in [-0.1, -0.05) is 34.1 Å². The third kappa shape index (κ3) is 4.90. The molecule has 0 spiro atoms. The van der Waals surface area contributed by atoms with Gasteiger partial charge in [-0.2, -0.15) is 0 Å². The normalized spacial score (nSPS) is 10.5. The molecule has 2 rings (SSSR count). The molecule has 2 aromatic carbocycles. The van der Waals surface area contributed by atoms with Crippen LogP contribution in [-0.2, 0) is 6.54 Å². The van der Waals surface area contributed by atoms with E-state index in [9.17, 15) is 4.79 Å². The van der Waals surface area contributed by atoms with Gasteiger partial charge in [0.05, 0.1) is 6.10 Å². The Kier molecular flexibility index (Phi) is 5.39. The number of benzene rings is 2. The minimum atomic E-state index is -0.0844. The van der Waals surface area contributed by atoms with Crippen LogP contribution >= 0.6 is 15.9 Å². The molecule has 2 aromatic rings. The Bertz CT molecular complexity index is 608. The summed E-state index contributed by atoms with van der Waals surface area (Å²) in [6, 6.07) is 15.1. The molecule has 0 bridgehead atoms. The molecule has 0 heterocycles. The smallest absolute Gasteiger partial charge is 0.251 e.